The van der Waals surface area contributed by atoms with Crippen LogP contribution in [-0.4, -0.2) is 83.8 Å². The largest absolute Gasteiger partial charge is 0.506 e. The van der Waals surface area contributed by atoms with Crippen molar-refractivity contribution in [1.29, 1.82) is 0 Å². The Hall–Kier alpha value is -4.64. The molecule has 276 valence electrons. The minimum absolute atomic E-state index is 0.00461. The lowest BCUT2D eigenvalue weighted by Gasteiger charge is -2.45. The zero-order chi connectivity index (χ0) is 36.9. The third-order valence-corrected chi connectivity index (χ3v) is 10.6. The van der Waals surface area contributed by atoms with Crippen molar-refractivity contribution in [1.82, 2.24) is 0 Å². The zero-order valence-electron chi connectivity index (χ0n) is 29.0. The zero-order valence-corrected chi connectivity index (χ0v) is 29.0. The van der Waals surface area contributed by atoms with E-state index in [4.69, 9.17) is 42.0 Å². The van der Waals surface area contributed by atoms with Crippen molar-refractivity contribution in [3.05, 3.63) is 92.6 Å². The van der Waals surface area contributed by atoms with Crippen LogP contribution < -0.4 is 16.0 Å². The highest BCUT2D eigenvalue weighted by Crippen LogP contribution is 2.47. The number of aryl methyl sites for hydroxylation is 1. The van der Waals surface area contributed by atoms with Gasteiger partial charge in [-0.2, -0.15) is 0 Å². The number of benzene rings is 4. The van der Waals surface area contributed by atoms with Crippen molar-refractivity contribution in [3.8, 4) is 11.5 Å². The molecule has 3 saturated heterocycles. The van der Waals surface area contributed by atoms with Crippen LogP contribution in [-0.2, 0) is 28.4 Å². The highest BCUT2D eigenvalue weighted by Gasteiger charge is 2.56. The summed E-state index contributed by atoms with van der Waals surface area (Å²) in [6.45, 7) is 5.17. The van der Waals surface area contributed by atoms with E-state index < -0.39 is 79.0 Å². The van der Waals surface area contributed by atoms with Gasteiger partial charge in [-0.05, 0) is 38.5 Å². The van der Waals surface area contributed by atoms with Crippen LogP contribution in [0.2, 0.25) is 0 Å². The van der Waals surface area contributed by atoms with Gasteiger partial charge >= 0.3 is 11.3 Å². The molecule has 3 fully saturated rings. The molecule has 3 aliphatic rings. The Morgan fingerprint density at radius 2 is 1.42 bits per heavy atom. The number of fused-ring (bicyclic) bond motifs is 3. The van der Waals surface area contributed by atoms with E-state index in [-0.39, 0.29) is 49.6 Å². The van der Waals surface area contributed by atoms with Gasteiger partial charge in [0.25, 0.3) is 0 Å². The lowest BCUT2D eigenvalue weighted by molar-refractivity contribution is -0.346. The quantitative estimate of drug-likeness (QED) is 0.126. The van der Waals surface area contributed by atoms with Gasteiger partial charge in [-0.1, -0.05) is 48.5 Å². The molecule has 9 rings (SSSR count). The molecule has 0 spiro atoms. The van der Waals surface area contributed by atoms with E-state index in [2.05, 4.69) is 0 Å². The summed E-state index contributed by atoms with van der Waals surface area (Å²) in [4.78, 5) is 26.9. The molecule has 0 unspecified atom stereocenters. The number of methoxy groups -OCH3 is 1. The Morgan fingerprint density at radius 3 is 2.19 bits per heavy atom. The third kappa shape index (κ3) is 5.24. The first-order valence-electron chi connectivity index (χ1n) is 17.3. The van der Waals surface area contributed by atoms with Crippen molar-refractivity contribution >= 4 is 43.5 Å². The Bertz CT molecular complexity index is 2460. The van der Waals surface area contributed by atoms with Gasteiger partial charge in [0, 0.05) is 28.8 Å². The number of aliphatic hydroxyl groups is 2. The van der Waals surface area contributed by atoms with Crippen LogP contribution in [0.4, 0.5) is 0 Å². The van der Waals surface area contributed by atoms with Crippen LogP contribution in [0.5, 0.6) is 11.5 Å². The van der Waals surface area contributed by atoms with Crippen LogP contribution in [0.1, 0.15) is 31.3 Å². The molecule has 14 heteroatoms. The van der Waals surface area contributed by atoms with E-state index >= 15 is 0 Å². The van der Waals surface area contributed by atoms with Crippen LogP contribution in [0.3, 0.4) is 0 Å². The molecule has 53 heavy (non-hydrogen) atoms. The summed E-state index contributed by atoms with van der Waals surface area (Å²) in [6.07, 6.45) is -10.9. The van der Waals surface area contributed by atoms with Gasteiger partial charge in [0.15, 0.2) is 24.3 Å². The normalized spacial score (nSPS) is 31.8. The maximum Gasteiger partial charge on any atom is 0.348 e. The minimum Gasteiger partial charge on any atom is -0.506 e. The fourth-order valence-corrected chi connectivity index (χ4v) is 7.98. The van der Waals surface area contributed by atoms with Crippen LogP contribution in [0.15, 0.2) is 79.1 Å². The van der Waals surface area contributed by atoms with Crippen molar-refractivity contribution < 1.29 is 57.3 Å². The van der Waals surface area contributed by atoms with Gasteiger partial charge in [0.2, 0.25) is 6.29 Å². The number of hydrogen-bond donors (Lipinski definition) is 3. The van der Waals surface area contributed by atoms with Crippen LogP contribution in [0.25, 0.3) is 43.5 Å². The molecule has 14 nitrogen and oxygen atoms in total. The molecule has 4 aromatic carbocycles. The summed E-state index contributed by atoms with van der Waals surface area (Å²) in [6, 6.07) is 17.4. The summed E-state index contributed by atoms with van der Waals surface area (Å²) < 4.78 is 55.4. The number of ether oxygens (including phenoxy) is 7. The van der Waals surface area contributed by atoms with Gasteiger partial charge in [-0.25, -0.2) is 9.59 Å². The SMILES string of the molecule is CO[C@H]1[C@H](O)[C@@H](O[C@@H]2[C@H](Oc3cccc4c(O)c5c(=O)oc6ccc(C)c7c(=O)oc(c34)c5c67)O[C@H](C)[C@@H]3O[C@H](c4ccccc4)O[C@@H]23)O[C@@H](C)[C@H]1O. The summed E-state index contributed by atoms with van der Waals surface area (Å²) in [5.41, 5.74) is 0.0587. The van der Waals surface area contributed by atoms with Crippen LogP contribution >= 0.6 is 0 Å². The van der Waals surface area contributed by atoms with E-state index in [0.29, 0.717) is 10.9 Å². The second-order valence-corrected chi connectivity index (χ2v) is 13.8. The van der Waals surface area contributed by atoms with Crippen molar-refractivity contribution in [2.24, 2.45) is 0 Å². The van der Waals surface area contributed by atoms with E-state index in [0.717, 1.165) is 5.56 Å². The van der Waals surface area contributed by atoms with Gasteiger partial charge in [-0.15, -0.1) is 0 Å². The molecule has 2 aromatic heterocycles. The third-order valence-electron chi connectivity index (χ3n) is 10.6. The molecule has 3 N–H and O–H groups in total. The summed E-state index contributed by atoms with van der Waals surface area (Å²) >= 11 is 0. The predicted molar refractivity (Wildman–Crippen MR) is 187 cm³/mol. The number of phenols is 1. The van der Waals surface area contributed by atoms with Crippen molar-refractivity contribution in [3.63, 3.8) is 0 Å². The number of phenolic OH excluding ortho intramolecular Hbond substituents is 1. The maximum absolute atomic E-state index is 13.6. The molecule has 0 radical (unpaired) electrons. The van der Waals surface area contributed by atoms with E-state index in [1.807, 2.05) is 30.3 Å². The van der Waals surface area contributed by atoms with Crippen LogP contribution in [0, 0.1) is 6.92 Å². The number of aliphatic hydroxyl groups excluding tert-OH is 2. The molecular formula is C39H36O14. The standard InChI is InChI=1S/C39H36O14/c1-15-13-14-21-24-22(15)35(43)50-31-23-19(28(41)26(25(24)31)36(44)48-21)11-8-12-20(23)49-39-34(53-38-29(42)32(45-4)27(40)16(2)46-38)33-30(17(3)47-39)51-37(52-33)18-9-6-5-7-10-18/h5-14,16-17,27,29-30,32-34,37-42H,1-4H3/t16-,17+,27+,29-,30-,32+,33+,34-,37-,38+,39-/m0/s1. The van der Waals surface area contributed by atoms with Crippen molar-refractivity contribution in [2.45, 2.75) is 88.5 Å². The number of aromatic hydroxyl groups is 1. The average molecular weight is 729 g/mol. The monoisotopic (exact) mass is 728 g/mol. The van der Waals surface area contributed by atoms with E-state index in [1.54, 1.807) is 51.1 Å². The van der Waals surface area contributed by atoms with E-state index in [1.165, 1.54) is 7.11 Å². The summed E-state index contributed by atoms with van der Waals surface area (Å²) in [5.74, 6) is -0.266. The number of rotatable bonds is 6. The average Bonchev–Trinajstić information content (AvgIpc) is 3.60. The summed E-state index contributed by atoms with van der Waals surface area (Å²) in [5, 5.41) is 34.5. The second kappa shape index (κ2) is 12.7. The topological polar surface area (TPSA) is 186 Å². The van der Waals surface area contributed by atoms with E-state index in [9.17, 15) is 24.9 Å². The smallest absolute Gasteiger partial charge is 0.348 e. The molecule has 5 heterocycles. The van der Waals surface area contributed by atoms with Gasteiger partial charge < -0.3 is 57.3 Å². The fourth-order valence-electron chi connectivity index (χ4n) is 7.98. The predicted octanol–water partition coefficient (Wildman–Crippen LogP) is 4.13. The highest BCUT2D eigenvalue weighted by atomic mass is 16.8. The second-order valence-electron chi connectivity index (χ2n) is 13.8. The first-order chi connectivity index (χ1) is 25.5. The lowest BCUT2D eigenvalue weighted by atomic mass is 9.95. The molecule has 6 aromatic rings. The maximum atomic E-state index is 13.6. The molecule has 0 saturated carbocycles. The molecule has 0 aliphatic carbocycles. The van der Waals surface area contributed by atoms with Gasteiger partial charge in [0.05, 0.1) is 23.0 Å². The number of hydrogen-bond acceptors (Lipinski definition) is 14. The first-order valence-corrected chi connectivity index (χ1v) is 17.3. The molecule has 0 bridgehead atoms. The molecule has 11 atom stereocenters. The Balaban J connectivity index is 1.19. The Morgan fingerprint density at radius 1 is 0.679 bits per heavy atom. The molecule has 3 aliphatic heterocycles. The van der Waals surface area contributed by atoms with Gasteiger partial charge in [0.1, 0.15) is 53.0 Å². The lowest BCUT2D eigenvalue weighted by Crippen LogP contribution is -2.63. The first kappa shape index (κ1) is 34.1. The molecule has 0 amide bonds. The molecular weight excluding hydrogens is 692 g/mol. The highest BCUT2D eigenvalue weighted by molar-refractivity contribution is 6.28. The van der Waals surface area contributed by atoms with Crippen molar-refractivity contribution in [2.75, 3.05) is 7.11 Å². The Kier molecular flexibility index (Phi) is 8.21. The Labute approximate surface area is 300 Å². The van der Waals surface area contributed by atoms with Gasteiger partial charge in [-0.3, -0.25) is 0 Å². The minimum atomic E-state index is -1.42. The summed E-state index contributed by atoms with van der Waals surface area (Å²) in [7, 11) is 1.37. The fraction of sp³-hybridized carbons (Fsp3) is 0.385.